The molecule has 0 unspecified atom stereocenters. The van der Waals surface area contributed by atoms with E-state index in [1.54, 1.807) is 0 Å². The van der Waals surface area contributed by atoms with Crippen molar-refractivity contribution >= 4 is 0 Å². The molecule has 2 N–H and O–H groups in total. The molecule has 2 nitrogen and oxygen atoms in total. The van der Waals surface area contributed by atoms with Crippen LogP contribution in [0.2, 0.25) is 0 Å². The van der Waals surface area contributed by atoms with E-state index in [0.29, 0.717) is 6.54 Å². The molecule has 0 bridgehead atoms. The second-order valence-corrected chi connectivity index (χ2v) is 5.06. The Hall–Kier alpha value is -1.80. The molecule has 2 heteroatoms. The molecule has 0 atom stereocenters. The molecule has 0 aromatic heterocycles. The molecule has 0 radical (unpaired) electrons. The van der Waals surface area contributed by atoms with Gasteiger partial charge in [0.15, 0.2) is 0 Å². The molecule has 100 valence electrons. The molecule has 0 amide bonds. The van der Waals surface area contributed by atoms with Gasteiger partial charge in [0, 0.05) is 0 Å². The van der Waals surface area contributed by atoms with E-state index in [1.165, 1.54) is 16.7 Å². The second kappa shape index (κ2) is 5.89. The summed E-state index contributed by atoms with van der Waals surface area (Å²) in [4.78, 5) is 0. The van der Waals surface area contributed by atoms with Crippen LogP contribution in [0.4, 0.5) is 0 Å². The molecule has 0 aliphatic rings. The molecule has 0 spiro atoms. The SMILES string of the molecule is Cc1cc(C)cc(Oc2cc(CCN)ccc2C)c1. The topological polar surface area (TPSA) is 35.2 Å². The van der Waals surface area contributed by atoms with Gasteiger partial charge in [-0.05, 0) is 74.2 Å². The highest BCUT2D eigenvalue weighted by Crippen LogP contribution is 2.27. The van der Waals surface area contributed by atoms with Crippen LogP contribution < -0.4 is 10.5 Å². The fourth-order valence-electron chi connectivity index (χ4n) is 2.20. The Bertz CT molecular complexity index is 555. The van der Waals surface area contributed by atoms with E-state index < -0.39 is 0 Å². The van der Waals surface area contributed by atoms with Crippen LogP contribution in [0, 0.1) is 20.8 Å². The number of nitrogens with two attached hydrogens (primary N) is 1. The van der Waals surface area contributed by atoms with Crippen LogP contribution in [0.1, 0.15) is 22.3 Å². The molecule has 2 aromatic carbocycles. The van der Waals surface area contributed by atoms with Gasteiger partial charge in [-0.25, -0.2) is 0 Å². The zero-order chi connectivity index (χ0) is 13.8. The van der Waals surface area contributed by atoms with Gasteiger partial charge in [-0.15, -0.1) is 0 Å². The van der Waals surface area contributed by atoms with Crippen LogP contribution in [0.25, 0.3) is 0 Å². The van der Waals surface area contributed by atoms with Crippen molar-refractivity contribution in [2.45, 2.75) is 27.2 Å². The minimum absolute atomic E-state index is 0.659. The highest BCUT2D eigenvalue weighted by molar-refractivity contribution is 5.42. The van der Waals surface area contributed by atoms with E-state index in [0.717, 1.165) is 23.5 Å². The average Bonchev–Trinajstić information content (AvgIpc) is 2.32. The predicted octanol–water partition coefficient (Wildman–Crippen LogP) is 3.91. The maximum absolute atomic E-state index is 6.02. The first-order valence-electron chi connectivity index (χ1n) is 6.64. The molecule has 0 aliphatic carbocycles. The van der Waals surface area contributed by atoms with Crippen LogP contribution in [0.3, 0.4) is 0 Å². The Morgan fingerprint density at radius 2 is 1.63 bits per heavy atom. The Kier molecular flexibility index (Phi) is 4.23. The fourth-order valence-corrected chi connectivity index (χ4v) is 2.20. The summed E-state index contributed by atoms with van der Waals surface area (Å²) in [5.74, 6) is 1.81. The molecule has 0 heterocycles. The van der Waals surface area contributed by atoms with E-state index >= 15 is 0 Å². The van der Waals surface area contributed by atoms with Gasteiger partial charge in [-0.2, -0.15) is 0 Å². The number of ether oxygens (including phenoxy) is 1. The van der Waals surface area contributed by atoms with Crippen molar-refractivity contribution in [2.75, 3.05) is 6.54 Å². The Labute approximate surface area is 115 Å². The van der Waals surface area contributed by atoms with Gasteiger partial charge >= 0.3 is 0 Å². The first-order chi connectivity index (χ1) is 9.08. The number of hydrogen-bond acceptors (Lipinski definition) is 2. The number of aryl methyl sites for hydroxylation is 3. The quantitative estimate of drug-likeness (QED) is 0.899. The largest absolute Gasteiger partial charge is 0.457 e. The molecular formula is C17H21NO. The number of rotatable bonds is 4. The Morgan fingerprint density at radius 1 is 0.947 bits per heavy atom. The van der Waals surface area contributed by atoms with Gasteiger partial charge in [0.1, 0.15) is 11.5 Å². The van der Waals surface area contributed by atoms with Gasteiger partial charge in [-0.3, -0.25) is 0 Å². The average molecular weight is 255 g/mol. The molecule has 0 saturated carbocycles. The lowest BCUT2D eigenvalue weighted by molar-refractivity contribution is 0.477. The first kappa shape index (κ1) is 13.6. The Balaban J connectivity index is 2.28. The minimum Gasteiger partial charge on any atom is -0.457 e. The summed E-state index contributed by atoms with van der Waals surface area (Å²) >= 11 is 0. The lowest BCUT2D eigenvalue weighted by atomic mass is 10.1. The zero-order valence-corrected chi connectivity index (χ0v) is 11.9. The summed E-state index contributed by atoms with van der Waals surface area (Å²) in [7, 11) is 0. The highest BCUT2D eigenvalue weighted by atomic mass is 16.5. The normalized spacial score (nSPS) is 10.5. The maximum atomic E-state index is 6.02. The fraction of sp³-hybridized carbons (Fsp3) is 0.294. The van der Waals surface area contributed by atoms with Crippen LogP contribution in [0.15, 0.2) is 36.4 Å². The number of benzene rings is 2. The van der Waals surface area contributed by atoms with Crippen molar-refractivity contribution in [1.82, 2.24) is 0 Å². The monoisotopic (exact) mass is 255 g/mol. The van der Waals surface area contributed by atoms with Crippen LogP contribution in [0.5, 0.6) is 11.5 Å². The summed E-state index contributed by atoms with van der Waals surface area (Å²) in [6.07, 6.45) is 0.878. The molecule has 19 heavy (non-hydrogen) atoms. The molecule has 0 saturated heterocycles. The van der Waals surface area contributed by atoms with Crippen molar-refractivity contribution in [3.63, 3.8) is 0 Å². The maximum Gasteiger partial charge on any atom is 0.130 e. The third-order valence-electron chi connectivity index (χ3n) is 3.11. The predicted molar refractivity (Wildman–Crippen MR) is 79.9 cm³/mol. The molecule has 2 rings (SSSR count). The van der Waals surface area contributed by atoms with Gasteiger partial charge in [0.05, 0.1) is 0 Å². The van der Waals surface area contributed by atoms with Crippen molar-refractivity contribution in [1.29, 1.82) is 0 Å². The summed E-state index contributed by atoms with van der Waals surface area (Å²) in [5, 5.41) is 0. The van der Waals surface area contributed by atoms with Crippen molar-refractivity contribution < 1.29 is 4.74 Å². The lowest BCUT2D eigenvalue weighted by Crippen LogP contribution is -2.03. The van der Waals surface area contributed by atoms with E-state index in [2.05, 4.69) is 57.2 Å². The summed E-state index contributed by atoms with van der Waals surface area (Å²) in [6.45, 7) is 6.88. The van der Waals surface area contributed by atoms with Gasteiger partial charge in [0.2, 0.25) is 0 Å². The summed E-state index contributed by atoms with van der Waals surface area (Å²) in [5.41, 5.74) is 10.4. The number of hydrogen-bond donors (Lipinski definition) is 1. The van der Waals surface area contributed by atoms with E-state index in [-0.39, 0.29) is 0 Å². The smallest absolute Gasteiger partial charge is 0.130 e. The molecule has 2 aromatic rings. The Morgan fingerprint density at radius 3 is 2.26 bits per heavy atom. The van der Waals surface area contributed by atoms with Crippen LogP contribution >= 0.6 is 0 Å². The third-order valence-corrected chi connectivity index (χ3v) is 3.11. The van der Waals surface area contributed by atoms with Crippen molar-refractivity contribution in [3.8, 4) is 11.5 Å². The van der Waals surface area contributed by atoms with Gasteiger partial charge in [0.25, 0.3) is 0 Å². The van der Waals surface area contributed by atoms with E-state index in [9.17, 15) is 0 Å². The van der Waals surface area contributed by atoms with E-state index in [4.69, 9.17) is 10.5 Å². The second-order valence-electron chi connectivity index (χ2n) is 5.06. The minimum atomic E-state index is 0.659. The zero-order valence-electron chi connectivity index (χ0n) is 11.9. The third kappa shape index (κ3) is 3.58. The van der Waals surface area contributed by atoms with Crippen molar-refractivity contribution in [3.05, 3.63) is 58.7 Å². The summed E-state index contributed by atoms with van der Waals surface area (Å²) < 4.78 is 6.02. The van der Waals surface area contributed by atoms with Gasteiger partial charge in [-0.1, -0.05) is 18.2 Å². The first-order valence-corrected chi connectivity index (χ1v) is 6.64. The highest BCUT2D eigenvalue weighted by Gasteiger charge is 2.04. The van der Waals surface area contributed by atoms with Crippen LogP contribution in [-0.2, 0) is 6.42 Å². The molecular weight excluding hydrogens is 234 g/mol. The molecule has 0 fully saturated rings. The van der Waals surface area contributed by atoms with E-state index in [1.807, 2.05) is 0 Å². The lowest BCUT2D eigenvalue weighted by Gasteiger charge is -2.12. The van der Waals surface area contributed by atoms with Gasteiger partial charge < -0.3 is 10.5 Å². The standard InChI is InChI=1S/C17H21NO/c1-12-8-13(2)10-16(9-12)19-17-11-15(6-7-18)5-4-14(17)3/h4-5,8-11H,6-7,18H2,1-3H3. The van der Waals surface area contributed by atoms with Crippen LogP contribution in [-0.4, -0.2) is 6.54 Å². The summed E-state index contributed by atoms with van der Waals surface area (Å²) in [6, 6.07) is 12.5. The van der Waals surface area contributed by atoms with Crippen molar-refractivity contribution in [2.24, 2.45) is 5.73 Å². The molecule has 0 aliphatic heterocycles.